The van der Waals surface area contributed by atoms with Gasteiger partial charge in [0.25, 0.3) is 0 Å². The summed E-state index contributed by atoms with van der Waals surface area (Å²) in [6, 6.07) is 5.47. The van der Waals surface area contributed by atoms with Crippen LogP contribution in [0.5, 0.6) is 11.5 Å². The molecule has 0 bridgehead atoms. The van der Waals surface area contributed by atoms with E-state index in [1.165, 1.54) is 0 Å². The highest BCUT2D eigenvalue weighted by Crippen LogP contribution is 2.50. The van der Waals surface area contributed by atoms with Gasteiger partial charge in [-0.25, -0.2) is 30.4 Å². The zero-order chi connectivity index (χ0) is 28.3. The van der Waals surface area contributed by atoms with Gasteiger partial charge in [-0.15, -0.1) is 0 Å². The van der Waals surface area contributed by atoms with Crippen LogP contribution < -0.4 is 9.47 Å². The van der Waals surface area contributed by atoms with Crippen LogP contribution in [0.15, 0.2) is 53.4 Å². The van der Waals surface area contributed by atoms with Crippen LogP contribution >= 0.6 is 0 Å². The Morgan fingerprint density at radius 1 is 0.744 bits per heavy atom. The van der Waals surface area contributed by atoms with Gasteiger partial charge in [-0.1, -0.05) is 0 Å². The van der Waals surface area contributed by atoms with Crippen LogP contribution in [-0.2, 0) is 15.8 Å². The maximum atomic E-state index is 15.1. The number of nitrogens with zero attached hydrogens (tertiary/aromatic N) is 1. The largest absolute Gasteiger partial charge is 0.440 e. The van der Waals surface area contributed by atoms with Gasteiger partial charge in [0.15, 0.2) is 11.5 Å². The van der Waals surface area contributed by atoms with E-state index in [0.29, 0.717) is 28.6 Å². The number of hydrogen-bond acceptors (Lipinski definition) is 4. The number of sulfonamides is 1. The number of ether oxygens (including phenoxy) is 2. The second kappa shape index (κ2) is 9.37. The van der Waals surface area contributed by atoms with Crippen LogP contribution in [0.4, 0.5) is 35.1 Å². The molecule has 3 aromatic carbocycles. The smallest absolute Gasteiger partial charge is 0.391 e. The van der Waals surface area contributed by atoms with Crippen molar-refractivity contribution in [3.63, 3.8) is 0 Å². The molecular weight excluding hydrogens is 562 g/mol. The van der Waals surface area contributed by atoms with Gasteiger partial charge in [-0.05, 0) is 37.1 Å². The topological polar surface area (TPSA) is 55.8 Å². The molecule has 0 amide bonds. The molecule has 5 nitrogen and oxygen atoms in total. The molecule has 0 unspecified atom stereocenters. The van der Waals surface area contributed by atoms with Gasteiger partial charge in [0.1, 0.15) is 34.0 Å². The number of hydrogen-bond donors (Lipinski definition) is 0. The average Bonchev–Trinajstić information content (AvgIpc) is 3.21. The van der Waals surface area contributed by atoms with Crippen LogP contribution in [0, 0.1) is 35.0 Å². The number of benzene rings is 3. The fraction of sp³-hybridized carbons (Fsp3) is 0.280. The molecule has 0 spiro atoms. The highest BCUT2D eigenvalue weighted by molar-refractivity contribution is 7.89. The van der Waals surface area contributed by atoms with Gasteiger partial charge in [0.2, 0.25) is 10.0 Å². The first-order chi connectivity index (χ1) is 18.2. The summed E-state index contributed by atoms with van der Waals surface area (Å²) in [6.45, 7) is -1.04. The van der Waals surface area contributed by atoms with Crippen molar-refractivity contribution in [1.82, 2.24) is 4.31 Å². The minimum atomic E-state index is -4.67. The fourth-order valence-corrected chi connectivity index (χ4v) is 6.18. The molecule has 0 aliphatic carbocycles. The highest BCUT2D eigenvalue weighted by atomic mass is 32.2. The molecule has 1 fully saturated rings. The number of halogens is 8. The predicted molar refractivity (Wildman–Crippen MR) is 119 cm³/mol. The van der Waals surface area contributed by atoms with Crippen LogP contribution in [-0.4, -0.2) is 32.0 Å². The normalized spacial score (nSPS) is 17.9. The second-order valence-electron chi connectivity index (χ2n) is 9.02. The molecule has 208 valence electrons. The first-order valence-electron chi connectivity index (χ1n) is 11.4. The van der Waals surface area contributed by atoms with Gasteiger partial charge >= 0.3 is 12.0 Å². The van der Waals surface area contributed by atoms with Crippen LogP contribution in [0.1, 0.15) is 24.0 Å². The van der Waals surface area contributed by atoms with E-state index in [0.717, 1.165) is 24.3 Å². The third kappa shape index (κ3) is 4.69. The Morgan fingerprint density at radius 3 is 1.69 bits per heavy atom. The fourth-order valence-electron chi connectivity index (χ4n) is 4.64. The van der Waals surface area contributed by atoms with Crippen molar-refractivity contribution in [2.45, 2.75) is 29.7 Å². The molecule has 3 aromatic rings. The summed E-state index contributed by atoms with van der Waals surface area (Å²) in [6.07, 6.45) is -5.55. The molecule has 0 N–H and O–H groups in total. The minimum absolute atomic E-state index is 0.440. The Morgan fingerprint density at radius 2 is 1.23 bits per heavy atom. The highest BCUT2D eigenvalue weighted by Gasteiger charge is 2.50. The Hall–Kier alpha value is -3.39. The molecule has 14 heteroatoms. The maximum absolute atomic E-state index is 15.1. The first-order valence-corrected chi connectivity index (χ1v) is 12.9. The average molecular weight is 579 g/mol. The van der Waals surface area contributed by atoms with Crippen molar-refractivity contribution in [3.05, 3.63) is 88.7 Å². The van der Waals surface area contributed by atoms with E-state index in [4.69, 9.17) is 9.47 Å². The van der Waals surface area contributed by atoms with Crippen LogP contribution in [0.25, 0.3) is 0 Å². The zero-order valence-electron chi connectivity index (χ0n) is 19.5. The van der Waals surface area contributed by atoms with Gasteiger partial charge in [-0.2, -0.15) is 17.5 Å². The third-order valence-corrected chi connectivity index (χ3v) is 8.53. The van der Waals surface area contributed by atoms with Crippen LogP contribution in [0.3, 0.4) is 0 Å². The quantitative estimate of drug-likeness (QED) is 0.355. The minimum Gasteiger partial charge on any atom is -0.440 e. The van der Waals surface area contributed by atoms with Gasteiger partial charge < -0.3 is 9.47 Å². The van der Waals surface area contributed by atoms with Gasteiger partial charge in [0, 0.05) is 37.4 Å². The van der Waals surface area contributed by atoms with E-state index in [1.54, 1.807) is 0 Å². The van der Waals surface area contributed by atoms with Crippen molar-refractivity contribution in [3.8, 4) is 11.5 Å². The Kier molecular flexibility index (Phi) is 6.53. The molecular formula is C25H17F8NO4S. The van der Waals surface area contributed by atoms with Gasteiger partial charge in [-0.3, -0.25) is 0 Å². The van der Waals surface area contributed by atoms with E-state index in [9.17, 15) is 39.2 Å². The van der Waals surface area contributed by atoms with Crippen molar-refractivity contribution in [2.75, 3.05) is 13.1 Å². The Bertz CT molecular complexity index is 1500. The molecule has 39 heavy (non-hydrogen) atoms. The molecule has 0 atom stereocenters. The standard InChI is InChI=1S/C25H17F8NO4S/c26-14-1-3-16(18(28)9-14)24(17-4-2-15(27)10-19(17)29)37-21-11-20(30)23(12-22(21)38-24)39(35,36)34-7-5-13(6-8-34)25(31,32)33/h1-4,9-13H,5-8H2. The van der Waals surface area contributed by atoms with E-state index in [-0.39, 0.29) is 0 Å². The Labute approximate surface area is 216 Å². The first kappa shape index (κ1) is 27.2. The third-order valence-electron chi connectivity index (χ3n) is 6.61. The molecule has 5 rings (SSSR count). The molecule has 0 saturated carbocycles. The molecule has 0 radical (unpaired) electrons. The van der Waals surface area contributed by atoms with Crippen molar-refractivity contribution >= 4 is 10.0 Å². The summed E-state index contributed by atoms with van der Waals surface area (Å²) in [5.74, 6) is -11.2. The second-order valence-corrected chi connectivity index (χ2v) is 10.9. The summed E-state index contributed by atoms with van der Waals surface area (Å²) < 4.78 is 150. The lowest BCUT2D eigenvalue weighted by molar-refractivity contribution is -0.182. The summed E-state index contributed by atoms with van der Waals surface area (Å²) >= 11 is 0. The van der Waals surface area contributed by atoms with E-state index >= 15 is 4.39 Å². The van der Waals surface area contributed by atoms with E-state index < -0.39 is 110 Å². The van der Waals surface area contributed by atoms with Crippen molar-refractivity contribution < 1.29 is 53.0 Å². The molecule has 2 aliphatic heterocycles. The van der Waals surface area contributed by atoms with Crippen molar-refractivity contribution in [1.29, 1.82) is 0 Å². The number of alkyl halides is 3. The summed E-state index contributed by atoms with van der Waals surface area (Å²) in [5, 5.41) is 0. The number of piperidine rings is 1. The van der Waals surface area contributed by atoms with E-state index in [1.807, 2.05) is 0 Å². The summed E-state index contributed by atoms with van der Waals surface area (Å²) in [5.41, 5.74) is -1.19. The number of rotatable bonds is 4. The summed E-state index contributed by atoms with van der Waals surface area (Å²) in [7, 11) is -4.67. The van der Waals surface area contributed by atoms with Gasteiger partial charge in [0.05, 0.1) is 17.0 Å². The van der Waals surface area contributed by atoms with Crippen molar-refractivity contribution in [2.24, 2.45) is 5.92 Å². The predicted octanol–water partition coefficient (Wildman–Crippen LogP) is 6.02. The molecule has 0 aromatic heterocycles. The SMILES string of the molecule is O=S(=O)(c1cc2c(cc1F)OC(c1ccc(F)cc1F)(c1ccc(F)cc1F)O2)N1CCC(C(F)(F)F)CC1. The maximum Gasteiger partial charge on any atom is 0.391 e. The molecule has 2 aliphatic rings. The number of fused-ring (bicyclic) bond motifs is 1. The lowest BCUT2D eigenvalue weighted by Crippen LogP contribution is -2.42. The lowest BCUT2D eigenvalue weighted by atomic mass is 9.96. The van der Waals surface area contributed by atoms with E-state index in [2.05, 4.69) is 0 Å². The lowest BCUT2D eigenvalue weighted by Gasteiger charge is -2.32. The van der Waals surface area contributed by atoms with Crippen LogP contribution in [0.2, 0.25) is 0 Å². The molecule has 1 saturated heterocycles. The summed E-state index contributed by atoms with van der Waals surface area (Å²) in [4.78, 5) is -0.967. The molecule has 2 heterocycles. The zero-order valence-corrected chi connectivity index (χ0v) is 20.4. The Balaban J connectivity index is 1.56. The monoisotopic (exact) mass is 579 g/mol.